The Kier molecular flexibility index (Phi) is 3.98. The van der Waals surface area contributed by atoms with Crippen molar-refractivity contribution in [1.29, 1.82) is 0 Å². The Morgan fingerprint density at radius 1 is 1.29 bits per heavy atom. The first-order valence-corrected chi connectivity index (χ1v) is 6.03. The Morgan fingerprint density at radius 3 is 2.76 bits per heavy atom. The molecule has 17 heavy (non-hydrogen) atoms. The third-order valence-corrected chi connectivity index (χ3v) is 2.75. The van der Waals surface area contributed by atoms with Gasteiger partial charge in [0, 0.05) is 25.3 Å². The van der Waals surface area contributed by atoms with E-state index in [0.717, 1.165) is 32.1 Å². The predicted molar refractivity (Wildman–Crippen MR) is 72.6 cm³/mol. The van der Waals surface area contributed by atoms with Crippen LogP contribution in [0.5, 0.6) is 0 Å². The smallest absolute Gasteiger partial charge is 0.198 e. The van der Waals surface area contributed by atoms with Crippen LogP contribution in [0.2, 0.25) is 0 Å². The highest BCUT2D eigenvalue weighted by Gasteiger charge is 2.17. The molecule has 0 amide bonds. The Morgan fingerprint density at radius 2 is 2.06 bits per heavy atom. The molecule has 1 aliphatic heterocycles. The van der Waals surface area contributed by atoms with Gasteiger partial charge in [0.1, 0.15) is 0 Å². The van der Waals surface area contributed by atoms with Gasteiger partial charge in [-0.05, 0) is 26.2 Å². The first-order valence-electron chi connectivity index (χ1n) is 6.03. The number of hydrogen-bond acceptors (Lipinski definition) is 4. The van der Waals surface area contributed by atoms with Crippen LogP contribution in [0.15, 0.2) is 35.3 Å². The third kappa shape index (κ3) is 3.20. The van der Waals surface area contributed by atoms with E-state index < -0.39 is 0 Å². The van der Waals surface area contributed by atoms with Crippen molar-refractivity contribution < 1.29 is 0 Å². The number of nitrogens with one attached hydrogen (secondary N) is 1. The zero-order chi connectivity index (χ0) is 12.1. The summed E-state index contributed by atoms with van der Waals surface area (Å²) in [5.41, 5.74) is 1.21. The molecule has 1 aliphatic rings. The summed E-state index contributed by atoms with van der Waals surface area (Å²) in [4.78, 5) is 8.90. The minimum atomic E-state index is 0.874. The van der Waals surface area contributed by atoms with Gasteiger partial charge in [-0.3, -0.25) is 4.99 Å². The zero-order valence-electron chi connectivity index (χ0n) is 10.6. The molecule has 0 radical (unpaired) electrons. The molecule has 0 fully saturated rings. The molecule has 1 aromatic carbocycles. The Hall–Kier alpha value is -1.55. The van der Waals surface area contributed by atoms with Crippen LogP contribution in [0.4, 0.5) is 5.69 Å². The van der Waals surface area contributed by atoms with Gasteiger partial charge in [-0.25, -0.2) is 0 Å². The van der Waals surface area contributed by atoms with E-state index in [-0.39, 0.29) is 0 Å². The van der Waals surface area contributed by atoms with Crippen molar-refractivity contribution >= 4 is 11.6 Å². The standard InChI is InChI=1S/C13H20N4/c1-16(2)10-8-14-13-15-9-11-17(13)12-6-4-3-5-7-12/h3-7H,8-11H2,1-2H3,(H,14,15). The number of likely N-dealkylation sites (N-methyl/N-ethyl adjacent to an activating group) is 1. The maximum absolute atomic E-state index is 4.50. The van der Waals surface area contributed by atoms with E-state index in [1.807, 2.05) is 6.07 Å². The molecule has 0 aliphatic carbocycles. The van der Waals surface area contributed by atoms with Crippen LogP contribution in [-0.4, -0.2) is 51.1 Å². The van der Waals surface area contributed by atoms with Crippen molar-refractivity contribution in [3.8, 4) is 0 Å². The molecular weight excluding hydrogens is 212 g/mol. The lowest BCUT2D eigenvalue weighted by molar-refractivity contribution is 0.412. The van der Waals surface area contributed by atoms with E-state index in [1.165, 1.54) is 5.69 Å². The van der Waals surface area contributed by atoms with E-state index in [9.17, 15) is 0 Å². The number of nitrogens with zero attached hydrogens (tertiary/aromatic N) is 3. The van der Waals surface area contributed by atoms with Crippen LogP contribution in [0.25, 0.3) is 0 Å². The van der Waals surface area contributed by atoms with Crippen LogP contribution < -0.4 is 10.2 Å². The van der Waals surface area contributed by atoms with Crippen molar-refractivity contribution in [3.05, 3.63) is 30.3 Å². The SMILES string of the molecule is CN(C)CCNC1=NCCN1c1ccccc1. The summed E-state index contributed by atoms with van der Waals surface area (Å²) in [6.45, 7) is 3.78. The Labute approximate surface area is 103 Å². The molecule has 4 nitrogen and oxygen atoms in total. The van der Waals surface area contributed by atoms with Gasteiger partial charge in [0.2, 0.25) is 0 Å². The van der Waals surface area contributed by atoms with E-state index >= 15 is 0 Å². The van der Waals surface area contributed by atoms with Gasteiger partial charge >= 0.3 is 0 Å². The van der Waals surface area contributed by atoms with Crippen LogP contribution in [0.1, 0.15) is 0 Å². The van der Waals surface area contributed by atoms with Gasteiger partial charge in [-0.2, -0.15) is 0 Å². The van der Waals surface area contributed by atoms with Gasteiger partial charge in [-0.1, -0.05) is 18.2 Å². The molecule has 0 saturated carbocycles. The number of aliphatic imine (C=N–C) groups is 1. The monoisotopic (exact) mass is 232 g/mol. The second-order valence-corrected chi connectivity index (χ2v) is 4.42. The fourth-order valence-corrected chi connectivity index (χ4v) is 1.85. The third-order valence-electron chi connectivity index (χ3n) is 2.75. The topological polar surface area (TPSA) is 30.9 Å². The number of para-hydroxylation sites is 1. The van der Waals surface area contributed by atoms with Crippen LogP contribution in [0, 0.1) is 0 Å². The fraction of sp³-hybridized carbons (Fsp3) is 0.462. The van der Waals surface area contributed by atoms with Gasteiger partial charge in [0.25, 0.3) is 0 Å². The summed E-state index contributed by atoms with van der Waals surface area (Å²) >= 11 is 0. The highest BCUT2D eigenvalue weighted by atomic mass is 15.3. The molecule has 4 heteroatoms. The number of rotatable bonds is 4. The van der Waals surface area contributed by atoms with Crippen molar-refractivity contribution in [2.75, 3.05) is 45.2 Å². The minimum absolute atomic E-state index is 0.874. The van der Waals surface area contributed by atoms with Crippen LogP contribution >= 0.6 is 0 Å². The maximum Gasteiger partial charge on any atom is 0.198 e. The Bertz CT molecular complexity index is 372. The van der Waals surface area contributed by atoms with Crippen molar-refractivity contribution in [1.82, 2.24) is 10.2 Å². The molecule has 1 heterocycles. The first kappa shape index (κ1) is 11.9. The molecule has 0 atom stereocenters. The lowest BCUT2D eigenvalue weighted by Crippen LogP contribution is -2.41. The molecule has 0 unspecified atom stereocenters. The summed E-state index contributed by atoms with van der Waals surface area (Å²) in [7, 11) is 4.15. The van der Waals surface area contributed by atoms with Crippen molar-refractivity contribution in [3.63, 3.8) is 0 Å². The predicted octanol–water partition coefficient (Wildman–Crippen LogP) is 1.01. The lowest BCUT2D eigenvalue weighted by atomic mass is 10.3. The largest absolute Gasteiger partial charge is 0.355 e. The van der Waals surface area contributed by atoms with Crippen molar-refractivity contribution in [2.45, 2.75) is 0 Å². The second kappa shape index (κ2) is 5.68. The number of anilines is 1. The molecule has 0 saturated heterocycles. The molecule has 1 N–H and O–H groups in total. The zero-order valence-corrected chi connectivity index (χ0v) is 10.6. The quantitative estimate of drug-likeness (QED) is 0.840. The minimum Gasteiger partial charge on any atom is -0.355 e. The molecule has 92 valence electrons. The number of hydrogen-bond donors (Lipinski definition) is 1. The summed E-state index contributed by atoms with van der Waals surface area (Å²) in [5.74, 6) is 0.998. The van der Waals surface area contributed by atoms with Crippen LogP contribution in [-0.2, 0) is 0 Å². The summed E-state index contributed by atoms with van der Waals surface area (Å²) in [5, 5.41) is 3.40. The number of benzene rings is 1. The maximum atomic E-state index is 4.50. The summed E-state index contributed by atoms with van der Waals surface area (Å²) < 4.78 is 0. The molecule has 0 aromatic heterocycles. The fourth-order valence-electron chi connectivity index (χ4n) is 1.85. The van der Waals surface area contributed by atoms with Gasteiger partial charge in [0.05, 0.1) is 6.54 Å². The molecule has 2 rings (SSSR count). The highest BCUT2D eigenvalue weighted by molar-refractivity contribution is 5.97. The summed E-state index contributed by atoms with van der Waals surface area (Å²) in [6, 6.07) is 10.4. The van der Waals surface area contributed by atoms with E-state index in [4.69, 9.17) is 0 Å². The van der Waals surface area contributed by atoms with Gasteiger partial charge in [-0.15, -0.1) is 0 Å². The first-order chi connectivity index (χ1) is 8.27. The van der Waals surface area contributed by atoms with E-state index in [1.54, 1.807) is 0 Å². The molecule has 1 aromatic rings. The molecule has 0 spiro atoms. The van der Waals surface area contributed by atoms with E-state index in [0.29, 0.717) is 0 Å². The average molecular weight is 232 g/mol. The molecule has 0 bridgehead atoms. The van der Waals surface area contributed by atoms with Gasteiger partial charge in [0.15, 0.2) is 5.96 Å². The number of guanidine groups is 1. The van der Waals surface area contributed by atoms with Gasteiger partial charge < -0.3 is 15.1 Å². The van der Waals surface area contributed by atoms with Crippen molar-refractivity contribution in [2.24, 2.45) is 4.99 Å². The highest BCUT2D eigenvalue weighted by Crippen LogP contribution is 2.15. The second-order valence-electron chi connectivity index (χ2n) is 4.42. The Balaban J connectivity index is 1.93. The normalized spacial score (nSPS) is 15.2. The lowest BCUT2D eigenvalue weighted by Gasteiger charge is -2.21. The van der Waals surface area contributed by atoms with E-state index in [2.05, 4.69) is 58.5 Å². The van der Waals surface area contributed by atoms with Crippen LogP contribution in [0.3, 0.4) is 0 Å². The molecular formula is C13H20N4. The summed E-state index contributed by atoms with van der Waals surface area (Å²) in [6.07, 6.45) is 0. The average Bonchev–Trinajstić information content (AvgIpc) is 2.78.